The third-order valence-electron chi connectivity index (χ3n) is 3.60. The number of nitrogens with one attached hydrogen (secondary N) is 1. The minimum atomic E-state index is -0.353. The van der Waals surface area contributed by atoms with E-state index >= 15 is 0 Å². The maximum absolute atomic E-state index is 12.8. The Hall–Kier alpha value is -2.31. The van der Waals surface area contributed by atoms with Crippen LogP contribution in [0.3, 0.4) is 0 Å². The molecule has 0 saturated heterocycles. The number of ether oxygens (including phenoxy) is 1. The molecule has 128 valence electrons. The van der Waals surface area contributed by atoms with Crippen LogP contribution >= 0.6 is 27.5 Å². The molecule has 0 bridgehead atoms. The molecule has 7 heteroatoms. The molecule has 5 nitrogen and oxygen atoms in total. The number of hydrogen-bond donors (Lipinski definition) is 1. The van der Waals surface area contributed by atoms with Gasteiger partial charge in [0.2, 0.25) is 0 Å². The van der Waals surface area contributed by atoms with Gasteiger partial charge < -0.3 is 14.6 Å². The first-order valence-electron chi connectivity index (χ1n) is 7.36. The summed E-state index contributed by atoms with van der Waals surface area (Å²) in [6.07, 6.45) is 0. The Morgan fingerprint density at radius 2 is 2.08 bits per heavy atom. The van der Waals surface area contributed by atoms with E-state index in [0.717, 1.165) is 10.0 Å². The van der Waals surface area contributed by atoms with Crippen molar-refractivity contribution >= 4 is 39.1 Å². The maximum atomic E-state index is 12.8. The molecule has 0 aliphatic carbocycles. The SMILES string of the molecule is COc1ccc(Cl)cc1NC(=O)c1c(-c2cccc(Br)c2)noc1C. The molecule has 0 aliphatic heterocycles. The quantitative estimate of drug-likeness (QED) is 0.618. The zero-order chi connectivity index (χ0) is 18.0. The smallest absolute Gasteiger partial charge is 0.261 e. The van der Waals surface area contributed by atoms with Crippen LogP contribution < -0.4 is 10.1 Å². The first-order chi connectivity index (χ1) is 12.0. The lowest BCUT2D eigenvalue weighted by Gasteiger charge is -2.10. The van der Waals surface area contributed by atoms with E-state index in [1.165, 1.54) is 7.11 Å². The predicted octanol–water partition coefficient (Wildman–Crippen LogP) is 5.33. The number of carbonyl (C=O) groups is 1. The Balaban J connectivity index is 1.99. The van der Waals surface area contributed by atoms with E-state index in [2.05, 4.69) is 26.4 Å². The molecule has 0 spiro atoms. The van der Waals surface area contributed by atoms with Gasteiger partial charge >= 0.3 is 0 Å². The van der Waals surface area contributed by atoms with Gasteiger partial charge in [-0.1, -0.05) is 44.8 Å². The lowest BCUT2D eigenvalue weighted by Crippen LogP contribution is -2.14. The van der Waals surface area contributed by atoms with Gasteiger partial charge in [0.05, 0.1) is 12.8 Å². The Kier molecular flexibility index (Phi) is 5.11. The summed E-state index contributed by atoms with van der Waals surface area (Å²) in [5.74, 6) is 0.582. The summed E-state index contributed by atoms with van der Waals surface area (Å²) in [7, 11) is 1.52. The fraction of sp³-hybridized carbons (Fsp3) is 0.111. The number of nitrogens with zero attached hydrogens (tertiary/aromatic N) is 1. The van der Waals surface area contributed by atoms with Gasteiger partial charge in [0.15, 0.2) is 0 Å². The summed E-state index contributed by atoms with van der Waals surface area (Å²) >= 11 is 9.43. The van der Waals surface area contributed by atoms with E-state index in [0.29, 0.717) is 33.5 Å². The van der Waals surface area contributed by atoms with Crippen molar-refractivity contribution in [3.63, 3.8) is 0 Å². The Morgan fingerprint density at radius 3 is 2.80 bits per heavy atom. The zero-order valence-corrected chi connectivity index (χ0v) is 15.8. The van der Waals surface area contributed by atoms with Crippen molar-refractivity contribution in [2.45, 2.75) is 6.92 Å². The first-order valence-corrected chi connectivity index (χ1v) is 8.54. The van der Waals surface area contributed by atoms with Gasteiger partial charge in [-0.15, -0.1) is 0 Å². The summed E-state index contributed by atoms with van der Waals surface area (Å²) in [5, 5.41) is 7.34. The average molecular weight is 422 g/mol. The monoisotopic (exact) mass is 420 g/mol. The second kappa shape index (κ2) is 7.29. The van der Waals surface area contributed by atoms with Crippen LogP contribution in [-0.4, -0.2) is 18.2 Å². The van der Waals surface area contributed by atoms with Gasteiger partial charge in [-0.3, -0.25) is 4.79 Å². The van der Waals surface area contributed by atoms with Gasteiger partial charge in [0.25, 0.3) is 5.91 Å². The predicted molar refractivity (Wildman–Crippen MR) is 100 cm³/mol. The zero-order valence-electron chi connectivity index (χ0n) is 13.5. The van der Waals surface area contributed by atoms with Crippen LogP contribution in [0.1, 0.15) is 16.1 Å². The molecule has 1 heterocycles. The minimum Gasteiger partial charge on any atom is -0.495 e. The highest BCUT2D eigenvalue weighted by Crippen LogP contribution is 2.31. The molecule has 2 aromatic carbocycles. The highest BCUT2D eigenvalue weighted by atomic mass is 79.9. The standard InChI is InChI=1S/C18H14BrClN2O3/c1-10-16(17(22-25-10)11-4-3-5-12(19)8-11)18(23)21-14-9-13(20)6-7-15(14)24-2/h3-9H,1-2H3,(H,21,23). The number of amides is 1. The highest BCUT2D eigenvalue weighted by Gasteiger charge is 2.22. The fourth-order valence-corrected chi connectivity index (χ4v) is 3.01. The molecule has 0 fully saturated rings. The summed E-state index contributed by atoms with van der Waals surface area (Å²) in [6, 6.07) is 12.5. The summed E-state index contributed by atoms with van der Waals surface area (Å²) < 4.78 is 11.4. The molecule has 0 saturated carbocycles. The number of aryl methyl sites for hydroxylation is 1. The number of hydrogen-bond acceptors (Lipinski definition) is 4. The molecule has 25 heavy (non-hydrogen) atoms. The molecule has 1 amide bonds. The summed E-state index contributed by atoms with van der Waals surface area (Å²) in [6.45, 7) is 1.69. The van der Waals surface area contributed by atoms with E-state index < -0.39 is 0 Å². The molecule has 0 unspecified atom stereocenters. The van der Waals surface area contributed by atoms with E-state index in [1.54, 1.807) is 25.1 Å². The molecule has 1 N–H and O–H groups in total. The molecule has 0 atom stereocenters. The molecular formula is C18H14BrClN2O3. The van der Waals surface area contributed by atoms with Crippen LogP contribution in [0.2, 0.25) is 5.02 Å². The first kappa shape index (κ1) is 17.5. The third-order valence-corrected chi connectivity index (χ3v) is 4.33. The maximum Gasteiger partial charge on any atom is 0.261 e. The second-order valence-electron chi connectivity index (χ2n) is 5.27. The van der Waals surface area contributed by atoms with Crippen molar-refractivity contribution in [3.05, 3.63) is 63.3 Å². The van der Waals surface area contributed by atoms with Crippen molar-refractivity contribution in [2.24, 2.45) is 0 Å². The van der Waals surface area contributed by atoms with Crippen LogP contribution in [0.15, 0.2) is 51.5 Å². The Bertz CT molecular complexity index is 940. The van der Waals surface area contributed by atoms with Crippen LogP contribution in [0, 0.1) is 6.92 Å². The van der Waals surface area contributed by atoms with Crippen molar-refractivity contribution in [1.82, 2.24) is 5.16 Å². The number of benzene rings is 2. The van der Waals surface area contributed by atoms with E-state index in [4.69, 9.17) is 20.9 Å². The summed E-state index contributed by atoms with van der Waals surface area (Å²) in [4.78, 5) is 12.8. The average Bonchev–Trinajstić information content (AvgIpc) is 2.97. The number of aromatic nitrogens is 1. The molecule has 1 aromatic heterocycles. The van der Waals surface area contributed by atoms with E-state index in [9.17, 15) is 4.79 Å². The Morgan fingerprint density at radius 1 is 1.28 bits per heavy atom. The molecule has 3 aromatic rings. The number of methoxy groups -OCH3 is 1. The van der Waals surface area contributed by atoms with Gasteiger partial charge in [-0.2, -0.15) is 0 Å². The van der Waals surface area contributed by atoms with Crippen molar-refractivity contribution in [3.8, 4) is 17.0 Å². The molecular weight excluding hydrogens is 408 g/mol. The fourth-order valence-electron chi connectivity index (χ4n) is 2.44. The van der Waals surface area contributed by atoms with Crippen molar-refractivity contribution in [1.29, 1.82) is 0 Å². The minimum absolute atomic E-state index is 0.353. The lowest BCUT2D eigenvalue weighted by molar-refractivity contribution is 0.102. The third kappa shape index (κ3) is 3.70. The number of halogens is 2. The summed E-state index contributed by atoms with van der Waals surface area (Å²) in [5.41, 5.74) is 2.08. The topological polar surface area (TPSA) is 64.4 Å². The van der Waals surface area contributed by atoms with Crippen LogP contribution in [0.4, 0.5) is 5.69 Å². The van der Waals surface area contributed by atoms with Gasteiger partial charge in [0.1, 0.15) is 22.8 Å². The van der Waals surface area contributed by atoms with Crippen molar-refractivity contribution < 1.29 is 14.1 Å². The molecule has 0 aliphatic rings. The van der Waals surface area contributed by atoms with Crippen LogP contribution in [0.25, 0.3) is 11.3 Å². The van der Waals surface area contributed by atoms with Gasteiger partial charge in [-0.05, 0) is 37.3 Å². The number of carbonyl (C=O) groups excluding carboxylic acids is 1. The number of anilines is 1. The number of rotatable bonds is 4. The molecule has 3 rings (SSSR count). The second-order valence-corrected chi connectivity index (χ2v) is 6.62. The Labute approximate surface area is 158 Å². The van der Waals surface area contributed by atoms with Crippen molar-refractivity contribution in [2.75, 3.05) is 12.4 Å². The van der Waals surface area contributed by atoms with E-state index in [-0.39, 0.29) is 5.91 Å². The highest BCUT2D eigenvalue weighted by molar-refractivity contribution is 9.10. The van der Waals surface area contributed by atoms with E-state index in [1.807, 2.05) is 24.3 Å². The lowest BCUT2D eigenvalue weighted by atomic mass is 10.1. The van der Waals surface area contributed by atoms with Gasteiger partial charge in [-0.25, -0.2) is 0 Å². The van der Waals surface area contributed by atoms with Crippen LogP contribution in [0.5, 0.6) is 5.75 Å². The van der Waals surface area contributed by atoms with Crippen LogP contribution in [-0.2, 0) is 0 Å². The van der Waals surface area contributed by atoms with Gasteiger partial charge in [0, 0.05) is 15.1 Å². The molecule has 0 radical (unpaired) electrons. The normalized spacial score (nSPS) is 10.6. The largest absolute Gasteiger partial charge is 0.495 e.